The maximum absolute atomic E-state index is 12.6. The molecule has 2 N–H and O–H groups in total. The highest BCUT2D eigenvalue weighted by Gasteiger charge is 2.21. The summed E-state index contributed by atoms with van der Waals surface area (Å²) in [5.74, 6) is -0.304. The van der Waals surface area contributed by atoms with Crippen LogP contribution in [0, 0.1) is 0 Å². The molecule has 162 valence electrons. The van der Waals surface area contributed by atoms with Crippen molar-refractivity contribution in [2.75, 3.05) is 5.32 Å². The van der Waals surface area contributed by atoms with E-state index in [1.54, 1.807) is 23.5 Å². The monoisotopic (exact) mass is 460 g/mol. The van der Waals surface area contributed by atoms with Crippen LogP contribution in [0.3, 0.4) is 0 Å². The smallest absolute Gasteiger partial charge is 0.307 e. The quantitative estimate of drug-likeness (QED) is 0.545. The number of amides is 1. The fraction of sp³-hybridized carbons (Fsp3) is 0.381. The molecule has 0 bridgehead atoms. The summed E-state index contributed by atoms with van der Waals surface area (Å²) in [5, 5.41) is 3.69. The Labute approximate surface area is 187 Å². The number of halogens is 1. The number of hydrogen-bond acceptors (Lipinski definition) is 7. The lowest BCUT2D eigenvalue weighted by Gasteiger charge is -2.13. The second-order valence-corrected chi connectivity index (χ2v) is 8.91. The number of anilines is 1. The highest BCUT2D eigenvalue weighted by atomic mass is 35.5. The zero-order chi connectivity index (χ0) is 22.0. The van der Waals surface area contributed by atoms with Crippen LogP contribution in [-0.2, 0) is 33.6 Å². The Morgan fingerprint density at radius 1 is 1.32 bits per heavy atom. The number of rotatable bonds is 6. The summed E-state index contributed by atoms with van der Waals surface area (Å²) in [4.78, 5) is 50.2. The molecular formula is C21H21ClN4O4S. The van der Waals surface area contributed by atoms with Crippen LogP contribution in [0.25, 0.3) is 10.2 Å². The van der Waals surface area contributed by atoms with Gasteiger partial charge in [-0.1, -0.05) is 11.6 Å². The molecule has 8 nitrogen and oxygen atoms in total. The molecule has 0 saturated heterocycles. The SMILES string of the molecule is CC(OC(=O)CCc1nc2sc3c(c2c(=O)[nH]1)CCCC3)C(=O)Nc1ccc(Cl)cn1. The second-order valence-electron chi connectivity index (χ2n) is 7.39. The normalized spacial score (nSPS) is 14.1. The van der Waals surface area contributed by atoms with Crippen LogP contribution in [0.5, 0.6) is 0 Å². The molecule has 3 heterocycles. The zero-order valence-corrected chi connectivity index (χ0v) is 18.4. The lowest BCUT2D eigenvalue weighted by Crippen LogP contribution is -2.30. The molecule has 0 fully saturated rings. The number of esters is 1. The van der Waals surface area contributed by atoms with Crippen LogP contribution < -0.4 is 10.9 Å². The predicted octanol–water partition coefficient (Wildman–Crippen LogP) is 3.41. The molecule has 31 heavy (non-hydrogen) atoms. The van der Waals surface area contributed by atoms with Gasteiger partial charge in [0, 0.05) is 17.5 Å². The van der Waals surface area contributed by atoms with Crippen molar-refractivity contribution in [3.05, 3.63) is 50.0 Å². The third-order valence-electron chi connectivity index (χ3n) is 5.10. The number of nitrogens with zero attached hydrogens (tertiary/aromatic N) is 2. The number of carbonyl (C=O) groups is 2. The number of thiophene rings is 1. The highest BCUT2D eigenvalue weighted by Crippen LogP contribution is 2.33. The van der Waals surface area contributed by atoms with Gasteiger partial charge >= 0.3 is 5.97 Å². The first-order valence-corrected chi connectivity index (χ1v) is 11.3. The number of aromatic amines is 1. The summed E-state index contributed by atoms with van der Waals surface area (Å²) in [6, 6.07) is 3.14. The van der Waals surface area contributed by atoms with Gasteiger partial charge in [-0.2, -0.15) is 0 Å². The Morgan fingerprint density at radius 3 is 2.90 bits per heavy atom. The van der Waals surface area contributed by atoms with Gasteiger partial charge < -0.3 is 15.0 Å². The molecule has 3 aromatic rings. The average Bonchev–Trinajstić information content (AvgIpc) is 3.12. The Kier molecular flexibility index (Phi) is 6.33. The summed E-state index contributed by atoms with van der Waals surface area (Å²) in [7, 11) is 0. The van der Waals surface area contributed by atoms with E-state index in [1.807, 2.05) is 0 Å². The van der Waals surface area contributed by atoms with Crippen molar-refractivity contribution in [1.29, 1.82) is 0 Å². The van der Waals surface area contributed by atoms with Crippen LogP contribution >= 0.6 is 22.9 Å². The van der Waals surface area contributed by atoms with E-state index in [-0.39, 0.29) is 18.4 Å². The molecule has 1 aliphatic rings. The Morgan fingerprint density at radius 2 is 2.13 bits per heavy atom. The highest BCUT2D eigenvalue weighted by molar-refractivity contribution is 7.18. The number of hydrogen-bond donors (Lipinski definition) is 2. The van der Waals surface area contributed by atoms with Crippen molar-refractivity contribution >= 4 is 50.8 Å². The van der Waals surface area contributed by atoms with E-state index < -0.39 is 18.0 Å². The standard InChI is InChI=1S/C21H21ClN4O4S/c1-11(19(28)24-15-7-6-12(22)10-23-15)30-17(27)9-8-16-25-20(29)18-13-4-2-3-5-14(13)31-21(18)26-16/h6-7,10-11H,2-5,8-9H2,1H3,(H,23,24,28)(H,25,26,29). The van der Waals surface area contributed by atoms with Gasteiger partial charge in [0.25, 0.3) is 11.5 Å². The second kappa shape index (κ2) is 9.15. The Balaban J connectivity index is 1.35. The van der Waals surface area contributed by atoms with E-state index in [4.69, 9.17) is 16.3 Å². The fourth-order valence-electron chi connectivity index (χ4n) is 3.53. The number of H-pyrrole nitrogens is 1. The minimum Gasteiger partial charge on any atom is -0.453 e. The maximum atomic E-state index is 12.6. The van der Waals surface area contributed by atoms with Crippen molar-refractivity contribution in [2.24, 2.45) is 0 Å². The molecule has 0 spiro atoms. The number of ether oxygens (including phenoxy) is 1. The molecule has 0 radical (unpaired) electrons. The van der Waals surface area contributed by atoms with Gasteiger partial charge in [-0.25, -0.2) is 9.97 Å². The van der Waals surface area contributed by atoms with Crippen molar-refractivity contribution < 1.29 is 14.3 Å². The molecule has 0 aromatic carbocycles. The molecule has 0 saturated carbocycles. The van der Waals surface area contributed by atoms with Crippen molar-refractivity contribution in [3.63, 3.8) is 0 Å². The van der Waals surface area contributed by atoms with Gasteiger partial charge in [-0.3, -0.25) is 14.4 Å². The first kappa shape index (κ1) is 21.5. The van der Waals surface area contributed by atoms with E-state index >= 15 is 0 Å². The Bertz CT molecular complexity index is 1190. The van der Waals surface area contributed by atoms with Gasteiger partial charge in [0.15, 0.2) is 6.10 Å². The number of aryl methyl sites for hydroxylation is 3. The first-order valence-electron chi connectivity index (χ1n) is 10.1. The minimum atomic E-state index is -0.997. The predicted molar refractivity (Wildman–Crippen MR) is 119 cm³/mol. The van der Waals surface area contributed by atoms with Gasteiger partial charge in [0.1, 0.15) is 16.5 Å². The molecule has 1 aliphatic carbocycles. The lowest BCUT2D eigenvalue weighted by molar-refractivity contribution is -0.153. The molecule has 1 amide bonds. The number of aromatic nitrogens is 3. The third-order valence-corrected chi connectivity index (χ3v) is 6.51. The minimum absolute atomic E-state index is 0.00362. The summed E-state index contributed by atoms with van der Waals surface area (Å²) < 4.78 is 5.19. The summed E-state index contributed by atoms with van der Waals surface area (Å²) >= 11 is 7.33. The zero-order valence-electron chi connectivity index (χ0n) is 16.9. The number of nitrogens with one attached hydrogen (secondary N) is 2. The Hall–Kier alpha value is -2.78. The lowest BCUT2D eigenvalue weighted by atomic mass is 9.97. The number of fused-ring (bicyclic) bond motifs is 3. The third kappa shape index (κ3) is 4.94. The van der Waals surface area contributed by atoms with E-state index in [0.29, 0.717) is 22.1 Å². The molecule has 1 unspecified atom stereocenters. The number of carbonyl (C=O) groups excluding carboxylic acids is 2. The van der Waals surface area contributed by atoms with Crippen LogP contribution in [0.15, 0.2) is 23.1 Å². The topological polar surface area (TPSA) is 114 Å². The van der Waals surface area contributed by atoms with Gasteiger partial charge in [0.2, 0.25) is 0 Å². The van der Waals surface area contributed by atoms with Crippen LogP contribution in [0.2, 0.25) is 5.02 Å². The molecule has 4 rings (SSSR count). The summed E-state index contributed by atoms with van der Waals surface area (Å²) in [6.07, 6.45) is 4.75. The maximum Gasteiger partial charge on any atom is 0.307 e. The van der Waals surface area contributed by atoms with Crippen LogP contribution in [-0.4, -0.2) is 32.9 Å². The summed E-state index contributed by atoms with van der Waals surface area (Å²) in [5.41, 5.74) is 0.969. The van der Waals surface area contributed by atoms with Crippen molar-refractivity contribution in [3.8, 4) is 0 Å². The fourth-order valence-corrected chi connectivity index (χ4v) is 4.93. The van der Waals surface area contributed by atoms with Crippen molar-refractivity contribution in [2.45, 2.75) is 51.6 Å². The molecule has 0 aliphatic heterocycles. The number of pyridine rings is 1. The average molecular weight is 461 g/mol. The van der Waals surface area contributed by atoms with E-state index in [9.17, 15) is 14.4 Å². The van der Waals surface area contributed by atoms with Gasteiger partial charge in [-0.15, -0.1) is 11.3 Å². The molecular weight excluding hydrogens is 440 g/mol. The largest absolute Gasteiger partial charge is 0.453 e. The summed E-state index contributed by atoms with van der Waals surface area (Å²) in [6.45, 7) is 1.48. The molecule has 1 atom stereocenters. The van der Waals surface area contributed by atoms with Gasteiger partial charge in [0.05, 0.1) is 16.8 Å². The van der Waals surface area contributed by atoms with Crippen molar-refractivity contribution in [1.82, 2.24) is 15.0 Å². The van der Waals surface area contributed by atoms with Crippen LogP contribution in [0.4, 0.5) is 5.82 Å². The van der Waals surface area contributed by atoms with Gasteiger partial charge in [-0.05, 0) is 50.3 Å². The van der Waals surface area contributed by atoms with Crippen LogP contribution in [0.1, 0.15) is 42.5 Å². The van der Waals surface area contributed by atoms with E-state index in [2.05, 4.69) is 20.3 Å². The molecule has 3 aromatic heterocycles. The van der Waals surface area contributed by atoms with E-state index in [1.165, 1.54) is 18.0 Å². The first-order chi connectivity index (χ1) is 14.9. The molecule has 10 heteroatoms. The van der Waals surface area contributed by atoms with E-state index in [0.717, 1.165) is 36.1 Å².